The van der Waals surface area contributed by atoms with Crippen molar-refractivity contribution in [1.82, 2.24) is 4.98 Å². The van der Waals surface area contributed by atoms with Crippen LogP contribution in [0.3, 0.4) is 0 Å². The smallest absolute Gasteiger partial charge is 0.235 e. The molecule has 2 aromatic rings. The molecule has 0 unspecified atom stereocenters. The van der Waals surface area contributed by atoms with Gasteiger partial charge >= 0.3 is 0 Å². The summed E-state index contributed by atoms with van der Waals surface area (Å²) in [6.07, 6.45) is 1.54. The zero-order valence-electron chi connectivity index (χ0n) is 10.1. The molecule has 0 radical (unpaired) electrons. The Morgan fingerprint density at radius 3 is 2.67 bits per heavy atom. The average molecular weight is 266 g/mol. The fourth-order valence-corrected chi connectivity index (χ4v) is 2.24. The standard InChI is InChI=1S/C12H14N2O3S/c1-8(2)18(16,17)14-10-5-6-11(15)12-9(10)4-3-7-13-12/h3-8,14-15H,1-2H3. The van der Waals surface area contributed by atoms with E-state index in [2.05, 4.69) is 9.71 Å². The van der Waals surface area contributed by atoms with Crippen LogP contribution in [0.1, 0.15) is 13.8 Å². The van der Waals surface area contributed by atoms with Gasteiger partial charge in [-0.1, -0.05) is 0 Å². The highest BCUT2D eigenvalue weighted by Crippen LogP contribution is 2.29. The Balaban J connectivity index is 2.57. The fraction of sp³-hybridized carbons (Fsp3) is 0.250. The second kappa shape index (κ2) is 4.45. The highest BCUT2D eigenvalue weighted by atomic mass is 32.2. The number of nitrogens with one attached hydrogen (secondary N) is 1. The Labute approximate surface area is 106 Å². The molecule has 2 N–H and O–H groups in total. The number of phenolic OH excluding ortho intramolecular Hbond substituents is 1. The molecule has 0 fully saturated rings. The van der Waals surface area contributed by atoms with E-state index in [1.807, 2.05) is 0 Å². The van der Waals surface area contributed by atoms with E-state index in [-0.39, 0.29) is 5.75 Å². The Kier molecular flexibility index (Phi) is 3.13. The lowest BCUT2D eigenvalue weighted by Crippen LogP contribution is -2.22. The lowest BCUT2D eigenvalue weighted by atomic mass is 10.2. The summed E-state index contributed by atoms with van der Waals surface area (Å²) in [5, 5.41) is 9.70. The first-order valence-electron chi connectivity index (χ1n) is 5.50. The summed E-state index contributed by atoms with van der Waals surface area (Å²) < 4.78 is 26.2. The predicted octanol–water partition coefficient (Wildman–Crippen LogP) is 2.09. The monoisotopic (exact) mass is 266 g/mol. The molecule has 0 aliphatic carbocycles. The van der Waals surface area contributed by atoms with Crippen LogP contribution >= 0.6 is 0 Å². The summed E-state index contributed by atoms with van der Waals surface area (Å²) in [6, 6.07) is 6.35. The molecule has 2 rings (SSSR count). The number of rotatable bonds is 3. The van der Waals surface area contributed by atoms with Crippen LogP contribution in [0.2, 0.25) is 0 Å². The van der Waals surface area contributed by atoms with Gasteiger partial charge in [0.2, 0.25) is 10.0 Å². The van der Waals surface area contributed by atoms with Gasteiger partial charge in [0.25, 0.3) is 0 Å². The van der Waals surface area contributed by atoms with E-state index < -0.39 is 15.3 Å². The first-order valence-corrected chi connectivity index (χ1v) is 7.05. The van der Waals surface area contributed by atoms with Crippen LogP contribution in [0.25, 0.3) is 10.9 Å². The first kappa shape index (κ1) is 12.6. The van der Waals surface area contributed by atoms with E-state index in [9.17, 15) is 13.5 Å². The predicted molar refractivity (Wildman–Crippen MR) is 71.1 cm³/mol. The summed E-state index contributed by atoms with van der Waals surface area (Å²) in [6.45, 7) is 3.20. The number of anilines is 1. The average Bonchev–Trinajstić information content (AvgIpc) is 2.33. The third-order valence-electron chi connectivity index (χ3n) is 2.62. The molecule has 0 amide bonds. The SMILES string of the molecule is CC(C)S(=O)(=O)Nc1ccc(O)c2ncccc12. The maximum absolute atomic E-state index is 11.8. The normalized spacial score (nSPS) is 11.9. The quantitative estimate of drug-likeness (QED) is 0.834. The lowest BCUT2D eigenvalue weighted by Gasteiger charge is -2.13. The number of aromatic nitrogens is 1. The zero-order valence-corrected chi connectivity index (χ0v) is 10.9. The van der Waals surface area contributed by atoms with Crippen molar-refractivity contribution in [2.75, 3.05) is 4.72 Å². The number of sulfonamides is 1. The highest BCUT2D eigenvalue weighted by Gasteiger charge is 2.17. The molecule has 0 spiro atoms. The molecule has 0 saturated heterocycles. The summed E-state index contributed by atoms with van der Waals surface area (Å²) in [5.41, 5.74) is 0.797. The number of benzene rings is 1. The highest BCUT2D eigenvalue weighted by molar-refractivity contribution is 7.93. The minimum atomic E-state index is -3.41. The minimum absolute atomic E-state index is 0.0260. The van der Waals surface area contributed by atoms with Gasteiger partial charge in [-0.05, 0) is 38.1 Å². The summed E-state index contributed by atoms with van der Waals surface area (Å²) in [4.78, 5) is 4.03. The molecule has 18 heavy (non-hydrogen) atoms. The van der Waals surface area contributed by atoms with E-state index in [0.717, 1.165) is 0 Å². The van der Waals surface area contributed by atoms with Crippen LogP contribution in [0.4, 0.5) is 5.69 Å². The number of fused-ring (bicyclic) bond motifs is 1. The molecule has 96 valence electrons. The largest absolute Gasteiger partial charge is 0.506 e. The van der Waals surface area contributed by atoms with Gasteiger partial charge in [-0.3, -0.25) is 9.71 Å². The van der Waals surface area contributed by atoms with E-state index in [0.29, 0.717) is 16.6 Å². The molecule has 5 nitrogen and oxygen atoms in total. The molecule has 0 aliphatic rings. The summed E-state index contributed by atoms with van der Waals surface area (Å²) in [5.74, 6) is 0.0260. The molecule has 0 atom stereocenters. The van der Waals surface area contributed by atoms with Gasteiger partial charge in [0, 0.05) is 11.6 Å². The second-order valence-corrected chi connectivity index (χ2v) is 6.46. The number of phenols is 1. The number of hydrogen-bond donors (Lipinski definition) is 2. The maximum Gasteiger partial charge on any atom is 0.235 e. The van der Waals surface area contributed by atoms with Crippen molar-refractivity contribution in [1.29, 1.82) is 0 Å². The topological polar surface area (TPSA) is 79.3 Å². The van der Waals surface area contributed by atoms with Crippen LogP contribution in [-0.4, -0.2) is 23.8 Å². The van der Waals surface area contributed by atoms with E-state index in [1.165, 1.54) is 12.1 Å². The van der Waals surface area contributed by atoms with Crippen molar-refractivity contribution in [3.8, 4) is 5.75 Å². The fourth-order valence-electron chi connectivity index (χ4n) is 1.52. The zero-order chi connectivity index (χ0) is 13.3. The van der Waals surface area contributed by atoms with Crippen LogP contribution in [0.15, 0.2) is 30.5 Å². The third kappa shape index (κ3) is 2.24. The van der Waals surface area contributed by atoms with Crippen LogP contribution in [-0.2, 0) is 10.0 Å². The van der Waals surface area contributed by atoms with Crippen molar-refractivity contribution in [3.05, 3.63) is 30.5 Å². The maximum atomic E-state index is 11.8. The third-order valence-corrected chi connectivity index (χ3v) is 4.37. The molecule has 0 bridgehead atoms. The molecule has 6 heteroatoms. The Bertz CT molecular complexity index is 681. The van der Waals surface area contributed by atoms with E-state index in [1.54, 1.807) is 32.2 Å². The van der Waals surface area contributed by atoms with Crippen molar-refractivity contribution >= 4 is 26.6 Å². The lowest BCUT2D eigenvalue weighted by molar-refractivity contribution is 0.480. The van der Waals surface area contributed by atoms with Gasteiger partial charge in [0.05, 0.1) is 10.9 Å². The number of hydrogen-bond acceptors (Lipinski definition) is 4. The van der Waals surface area contributed by atoms with Crippen LogP contribution < -0.4 is 4.72 Å². The molecule has 1 aromatic carbocycles. The van der Waals surface area contributed by atoms with Crippen molar-refractivity contribution in [2.45, 2.75) is 19.1 Å². The molecular weight excluding hydrogens is 252 g/mol. The summed E-state index contributed by atoms with van der Waals surface area (Å²) >= 11 is 0. The molecule has 0 aliphatic heterocycles. The van der Waals surface area contributed by atoms with Crippen molar-refractivity contribution in [2.24, 2.45) is 0 Å². The Hall–Kier alpha value is -1.82. The van der Waals surface area contributed by atoms with Gasteiger partial charge in [0.1, 0.15) is 11.3 Å². The van der Waals surface area contributed by atoms with Crippen LogP contribution in [0, 0.1) is 0 Å². The van der Waals surface area contributed by atoms with Gasteiger partial charge in [0.15, 0.2) is 0 Å². The number of nitrogens with zero attached hydrogens (tertiary/aromatic N) is 1. The number of aromatic hydroxyl groups is 1. The van der Waals surface area contributed by atoms with Gasteiger partial charge in [-0.2, -0.15) is 0 Å². The molecule has 1 heterocycles. The van der Waals surface area contributed by atoms with Gasteiger partial charge in [-0.25, -0.2) is 8.42 Å². The summed E-state index contributed by atoms with van der Waals surface area (Å²) in [7, 11) is -3.41. The first-order chi connectivity index (χ1) is 8.42. The van der Waals surface area contributed by atoms with Gasteiger partial charge < -0.3 is 5.11 Å². The van der Waals surface area contributed by atoms with E-state index >= 15 is 0 Å². The minimum Gasteiger partial charge on any atom is -0.506 e. The van der Waals surface area contributed by atoms with Crippen molar-refractivity contribution < 1.29 is 13.5 Å². The van der Waals surface area contributed by atoms with E-state index in [4.69, 9.17) is 0 Å². The Morgan fingerprint density at radius 2 is 2.00 bits per heavy atom. The van der Waals surface area contributed by atoms with Crippen molar-refractivity contribution in [3.63, 3.8) is 0 Å². The van der Waals surface area contributed by atoms with Crippen LogP contribution in [0.5, 0.6) is 5.75 Å². The molecular formula is C12H14N2O3S. The molecule has 0 saturated carbocycles. The molecule has 1 aromatic heterocycles. The second-order valence-electron chi connectivity index (χ2n) is 4.23. The number of pyridine rings is 1. The van der Waals surface area contributed by atoms with Gasteiger partial charge in [-0.15, -0.1) is 0 Å². The Morgan fingerprint density at radius 1 is 1.28 bits per heavy atom.